The van der Waals surface area contributed by atoms with E-state index in [1.54, 1.807) is 0 Å². The summed E-state index contributed by atoms with van der Waals surface area (Å²) >= 11 is 5.52. The van der Waals surface area contributed by atoms with E-state index in [1.165, 1.54) is 0 Å². The minimum atomic E-state index is -0.0162. The number of thiocarbonyl (C=S) groups is 1. The van der Waals surface area contributed by atoms with E-state index in [2.05, 4.69) is 10.6 Å². The Kier molecular flexibility index (Phi) is 7.74. The SMILES string of the molecule is CCOc1ccc([C@@H](C)NC(=S)Nc2ccc(N3CCCC3=O)c(C)c2)cc1OCC. The summed E-state index contributed by atoms with van der Waals surface area (Å²) in [5, 5.41) is 7.10. The molecule has 1 aliphatic heterocycles. The molecule has 1 fully saturated rings. The zero-order valence-corrected chi connectivity index (χ0v) is 19.5. The number of carbonyl (C=O) groups excluding carboxylic acids is 1. The lowest BCUT2D eigenvalue weighted by molar-refractivity contribution is -0.117. The summed E-state index contributed by atoms with van der Waals surface area (Å²) in [4.78, 5) is 13.9. The molecule has 0 saturated carbocycles. The maximum atomic E-state index is 12.0. The van der Waals surface area contributed by atoms with Crippen molar-refractivity contribution in [3.05, 3.63) is 47.5 Å². The van der Waals surface area contributed by atoms with Crippen LogP contribution in [0.4, 0.5) is 11.4 Å². The molecule has 31 heavy (non-hydrogen) atoms. The van der Waals surface area contributed by atoms with E-state index in [0.717, 1.165) is 47.0 Å². The Morgan fingerprint density at radius 3 is 2.52 bits per heavy atom. The number of amides is 1. The third-order valence-electron chi connectivity index (χ3n) is 5.23. The van der Waals surface area contributed by atoms with Crippen molar-refractivity contribution in [2.45, 2.75) is 46.6 Å². The molecule has 0 aromatic heterocycles. The molecule has 166 valence electrons. The van der Waals surface area contributed by atoms with E-state index in [1.807, 2.05) is 69.0 Å². The van der Waals surface area contributed by atoms with Crippen LogP contribution in [0.5, 0.6) is 11.5 Å². The van der Waals surface area contributed by atoms with Gasteiger partial charge in [0.15, 0.2) is 16.6 Å². The summed E-state index contributed by atoms with van der Waals surface area (Å²) in [5.74, 6) is 1.67. The second-order valence-electron chi connectivity index (χ2n) is 7.54. The molecule has 0 radical (unpaired) electrons. The van der Waals surface area contributed by atoms with Crippen molar-refractivity contribution in [1.82, 2.24) is 5.32 Å². The van der Waals surface area contributed by atoms with Crippen molar-refractivity contribution in [1.29, 1.82) is 0 Å². The molecule has 1 heterocycles. The molecule has 2 N–H and O–H groups in total. The van der Waals surface area contributed by atoms with Crippen LogP contribution >= 0.6 is 12.2 Å². The summed E-state index contributed by atoms with van der Waals surface area (Å²) in [5.41, 5.74) is 3.96. The van der Waals surface area contributed by atoms with Gasteiger partial charge in [-0.2, -0.15) is 0 Å². The van der Waals surface area contributed by atoms with Crippen molar-refractivity contribution >= 4 is 34.6 Å². The van der Waals surface area contributed by atoms with Crippen molar-refractivity contribution in [3.63, 3.8) is 0 Å². The first kappa shape index (κ1) is 22.9. The van der Waals surface area contributed by atoms with Gasteiger partial charge < -0.3 is 25.0 Å². The van der Waals surface area contributed by atoms with Gasteiger partial charge in [0.1, 0.15) is 0 Å². The fourth-order valence-corrected chi connectivity index (χ4v) is 4.02. The van der Waals surface area contributed by atoms with Gasteiger partial charge in [0.25, 0.3) is 0 Å². The zero-order valence-electron chi connectivity index (χ0n) is 18.7. The van der Waals surface area contributed by atoms with Crippen molar-refractivity contribution in [2.24, 2.45) is 0 Å². The highest BCUT2D eigenvalue weighted by Crippen LogP contribution is 2.31. The molecule has 0 unspecified atom stereocenters. The minimum absolute atomic E-state index is 0.0162. The summed E-state index contributed by atoms with van der Waals surface area (Å²) in [6, 6.07) is 11.9. The van der Waals surface area contributed by atoms with E-state index in [4.69, 9.17) is 21.7 Å². The van der Waals surface area contributed by atoms with Gasteiger partial charge in [-0.15, -0.1) is 0 Å². The monoisotopic (exact) mass is 441 g/mol. The second-order valence-corrected chi connectivity index (χ2v) is 7.95. The normalized spacial score (nSPS) is 14.3. The number of nitrogens with zero attached hydrogens (tertiary/aromatic N) is 1. The maximum Gasteiger partial charge on any atom is 0.227 e. The lowest BCUT2D eigenvalue weighted by Crippen LogP contribution is -2.31. The van der Waals surface area contributed by atoms with Crippen molar-refractivity contribution in [2.75, 3.05) is 30.0 Å². The quantitative estimate of drug-likeness (QED) is 0.564. The third kappa shape index (κ3) is 5.67. The molecule has 1 aliphatic rings. The number of hydrogen-bond donors (Lipinski definition) is 2. The van der Waals surface area contributed by atoms with Gasteiger partial charge in [0.05, 0.1) is 19.3 Å². The summed E-state index contributed by atoms with van der Waals surface area (Å²) < 4.78 is 11.4. The smallest absolute Gasteiger partial charge is 0.227 e. The van der Waals surface area contributed by atoms with Gasteiger partial charge in [0.2, 0.25) is 5.91 Å². The Balaban J connectivity index is 1.64. The topological polar surface area (TPSA) is 62.8 Å². The van der Waals surface area contributed by atoms with E-state index >= 15 is 0 Å². The van der Waals surface area contributed by atoms with E-state index in [9.17, 15) is 4.79 Å². The van der Waals surface area contributed by atoms with Gasteiger partial charge >= 0.3 is 0 Å². The van der Waals surface area contributed by atoms with Crippen LogP contribution in [0.25, 0.3) is 0 Å². The van der Waals surface area contributed by atoms with Crippen LogP contribution in [0.1, 0.15) is 50.8 Å². The standard InChI is InChI=1S/C24H31N3O3S/c1-5-29-21-12-9-18(15-22(21)30-6-2)17(4)25-24(31)26-19-10-11-20(16(3)14-19)27-13-7-8-23(27)28/h9-12,14-15,17H,5-8,13H2,1-4H3,(H2,25,26,31)/t17-/m1/s1. The number of ether oxygens (including phenoxy) is 2. The molecule has 6 nitrogen and oxygen atoms in total. The Hall–Kier alpha value is -2.80. The predicted molar refractivity (Wildman–Crippen MR) is 129 cm³/mol. The largest absolute Gasteiger partial charge is 0.490 e. The van der Waals surface area contributed by atoms with Crippen LogP contribution in [0.15, 0.2) is 36.4 Å². The lowest BCUT2D eigenvalue weighted by Gasteiger charge is -2.21. The number of benzene rings is 2. The molecule has 1 saturated heterocycles. The molecule has 2 aromatic rings. The van der Waals surface area contributed by atoms with Gasteiger partial charge in [-0.05, 0) is 87.8 Å². The average molecular weight is 442 g/mol. The third-order valence-corrected chi connectivity index (χ3v) is 5.45. The van der Waals surface area contributed by atoms with Gasteiger partial charge in [0, 0.05) is 24.3 Å². The molecule has 1 amide bonds. The van der Waals surface area contributed by atoms with Crippen LogP contribution < -0.4 is 25.0 Å². The van der Waals surface area contributed by atoms with Gasteiger partial charge in [-0.25, -0.2) is 0 Å². The fourth-order valence-electron chi connectivity index (χ4n) is 3.72. The number of nitrogens with one attached hydrogen (secondary N) is 2. The maximum absolute atomic E-state index is 12.0. The molecule has 2 aromatic carbocycles. The molecule has 7 heteroatoms. The molecular weight excluding hydrogens is 410 g/mol. The lowest BCUT2D eigenvalue weighted by atomic mass is 10.1. The summed E-state index contributed by atoms with van der Waals surface area (Å²) in [6.07, 6.45) is 1.54. The van der Waals surface area contributed by atoms with Crippen LogP contribution in [0, 0.1) is 6.92 Å². The summed E-state index contributed by atoms with van der Waals surface area (Å²) in [7, 11) is 0. The molecule has 3 rings (SSSR count). The molecular formula is C24H31N3O3S. The Bertz CT molecular complexity index is 948. The van der Waals surface area contributed by atoms with E-state index in [0.29, 0.717) is 24.7 Å². The molecule has 0 spiro atoms. The van der Waals surface area contributed by atoms with Gasteiger partial charge in [-0.1, -0.05) is 6.07 Å². The summed E-state index contributed by atoms with van der Waals surface area (Å²) in [6.45, 7) is 9.92. The van der Waals surface area contributed by atoms with Crippen LogP contribution in [0.2, 0.25) is 0 Å². The van der Waals surface area contributed by atoms with E-state index < -0.39 is 0 Å². The first-order valence-electron chi connectivity index (χ1n) is 10.8. The average Bonchev–Trinajstić information content (AvgIpc) is 3.15. The number of rotatable bonds is 8. The van der Waals surface area contributed by atoms with E-state index in [-0.39, 0.29) is 11.9 Å². The van der Waals surface area contributed by atoms with Crippen molar-refractivity contribution in [3.8, 4) is 11.5 Å². The van der Waals surface area contributed by atoms with Crippen molar-refractivity contribution < 1.29 is 14.3 Å². The number of hydrogen-bond acceptors (Lipinski definition) is 4. The highest BCUT2D eigenvalue weighted by atomic mass is 32.1. The Labute approximate surface area is 189 Å². The zero-order chi connectivity index (χ0) is 22.4. The molecule has 0 aliphatic carbocycles. The van der Waals surface area contributed by atoms with Crippen LogP contribution in [0.3, 0.4) is 0 Å². The minimum Gasteiger partial charge on any atom is -0.490 e. The first-order chi connectivity index (χ1) is 14.9. The van der Waals surface area contributed by atoms with Crippen LogP contribution in [-0.4, -0.2) is 30.8 Å². The second kappa shape index (κ2) is 10.5. The highest BCUT2D eigenvalue weighted by Gasteiger charge is 2.23. The number of anilines is 2. The number of carbonyl (C=O) groups is 1. The van der Waals surface area contributed by atoms with Gasteiger partial charge in [-0.3, -0.25) is 4.79 Å². The fraction of sp³-hybridized carbons (Fsp3) is 0.417. The highest BCUT2D eigenvalue weighted by molar-refractivity contribution is 7.80. The predicted octanol–water partition coefficient (Wildman–Crippen LogP) is 4.97. The first-order valence-corrected chi connectivity index (χ1v) is 11.2. The Morgan fingerprint density at radius 1 is 1.13 bits per heavy atom. The molecule has 0 bridgehead atoms. The molecule has 1 atom stereocenters. The number of aryl methyl sites for hydroxylation is 1. The van der Waals surface area contributed by atoms with Crippen LogP contribution in [-0.2, 0) is 4.79 Å². The Morgan fingerprint density at radius 2 is 1.87 bits per heavy atom.